The van der Waals surface area contributed by atoms with Crippen LogP contribution in [-0.2, 0) is 11.3 Å². The average molecular weight is 346 g/mol. The molecule has 0 radical (unpaired) electrons. The zero-order chi connectivity index (χ0) is 17.5. The van der Waals surface area contributed by atoms with Crippen LogP contribution in [-0.4, -0.2) is 22.3 Å². The highest BCUT2D eigenvalue weighted by Gasteiger charge is 2.38. The monoisotopic (exact) mass is 345 g/mol. The summed E-state index contributed by atoms with van der Waals surface area (Å²) in [4.78, 5) is 18.1. The standard InChI is InChI=1S/C15H15ClF3N3O/c1-3-5-12(8-20-10-16)9-22-11(2)6-4-7-13(22)21-14(23)15(17,18)19/h3-8,10H,9H2,1-2H3/b5-3-,12-8+,20-10+,21-13?. The highest BCUT2D eigenvalue weighted by atomic mass is 35.5. The fourth-order valence-electron chi connectivity index (χ4n) is 1.76. The molecule has 124 valence electrons. The first-order chi connectivity index (χ1) is 10.8. The predicted octanol–water partition coefficient (Wildman–Crippen LogP) is 3.51. The van der Waals surface area contributed by atoms with Crippen LogP contribution in [0.3, 0.4) is 0 Å². The van der Waals surface area contributed by atoms with E-state index in [1.54, 1.807) is 32.1 Å². The number of aryl methyl sites for hydroxylation is 1. The van der Waals surface area contributed by atoms with E-state index in [2.05, 4.69) is 9.98 Å². The second-order valence-electron chi connectivity index (χ2n) is 4.48. The molecule has 0 unspecified atom stereocenters. The molecular formula is C15H15ClF3N3O. The summed E-state index contributed by atoms with van der Waals surface area (Å²) in [7, 11) is 0. The molecule has 0 atom stereocenters. The Morgan fingerprint density at radius 2 is 2.09 bits per heavy atom. The van der Waals surface area contributed by atoms with E-state index in [-0.39, 0.29) is 12.0 Å². The van der Waals surface area contributed by atoms with Crippen molar-refractivity contribution < 1.29 is 18.0 Å². The van der Waals surface area contributed by atoms with Crippen molar-refractivity contribution in [3.05, 3.63) is 53.3 Å². The van der Waals surface area contributed by atoms with Crippen LogP contribution in [0, 0.1) is 6.92 Å². The van der Waals surface area contributed by atoms with Crippen LogP contribution in [0.2, 0.25) is 0 Å². The van der Waals surface area contributed by atoms with Gasteiger partial charge in [0.25, 0.3) is 0 Å². The zero-order valence-corrected chi connectivity index (χ0v) is 13.3. The molecule has 0 aromatic carbocycles. The third-order valence-corrected chi connectivity index (χ3v) is 2.87. The number of carbonyl (C=O) groups is 1. The van der Waals surface area contributed by atoms with Gasteiger partial charge in [0.1, 0.15) is 5.49 Å². The lowest BCUT2D eigenvalue weighted by Crippen LogP contribution is -2.29. The quantitative estimate of drug-likeness (QED) is 0.608. The van der Waals surface area contributed by atoms with Gasteiger partial charge in [-0.05, 0) is 31.6 Å². The van der Waals surface area contributed by atoms with Gasteiger partial charge >= 0.3 is 12.1 Å². The van der Waals surface area contributed by atoms with Gasteiger partial charge in [0.15, 0.2) is 0 Å². The summed E-state index contributed by atoms with van der Waals surface area (Å²) >= 11 is 5.37. The van der Waals surface area contributed by atoms with Crippen LogP contribution in [0.15, 0.2) is 52.1 Å². The van der Waals surface area contributed by atoms with Gasteiger partial charge in [0, 0.05) is 11.9 Å². The fraction of sp³-hybridized carbons (Fsp3) is 0.267. The Bertz CT molecular complexity index is 715. The van der Waals surface area contributed by atoms with Crippen molar-refractivity contribution in [3.8, 4) is 0 Å². The van der Waals surface area contributed by atoms with E-state index >= 15 is 0 Å². The lowest BCUT2D eigenvalue weighted by molar-refractivity contribution is -0.169. The number of amides is 1. The lowest BCUT2D eigenvalue weighted by Gasteiger charge is -2.12. The maximum Gasteiger partial charge on any atom is 0.473 e. The molecule has 1 aromatic heterocycles. The molecule has 4 nitrogen and oxygen atoms in total. The average Bonchev–Trinajstić information content (AvgIpc) is 2.47. The molecule has 23 heavy (non-hydrogen) atoms. The molecule has 0 aliphatic heterocycles. The molecule has 0 aliphatic rings. The Balaban J connectivity index is 3.36. The molecule has 0 saturated carbocycles. The Hall–Kier alpha value is -2.15. The van der Waals surface area contributed by atoms with Crippen LogP contribution in [0.25, 0.3) is 0 Å². The van der Waals surface area contributed by atoms with E-state index in [0.717, 1.165) is 5.67 Å². The van der Waals surface area contributed by atoms with E-state index < -0.39 is 12.1 Å². The van der Waals surface area contributed by atoms with E-state index in [4.69, 9.17) is 11.6 Å². The number of rotatable bonds is 4. The van der Waals surface area contributed by atoms with Gasteiger partial charge in [-0.3, -0.25) is 9.79 Å². The van der Waals surface area contributed by atoms with E-state index in [1.807, 2.05) is 0 Å². The minimum atomic E-state index is -5.01. The summed E-state index contributed by atoms with van der Waals surface area (Å²) in [5.41, 5.74) is 2.31. The maximum atomic E-state index is 12.4. The Morgan fingerprint density at radius 3 is 2.65 bits per heavy atom. The van der Waals surface area contributed by atoms with E-state index in [9.17, 15) is 18.0 Å². The smallest absolute Gasteiger partial charge is 0.326 e. The number of pyridine rings is 1. The minimum Gasteiger partial charge on any atom is -0.326 e. The molecular weight excluding hydrogens is 331 g/mol. The highest BCUT2D eigenvalue weighted by molar-refractivity contribution is 6.56. The third kappa shape index (κ3) is 5.86. The number of hydrogen-bond acceptors (Lipinski definition) is 2. The first-order valence-corrected chi connectivity index (χ1v) is 6.99. The Kier molecular flexibility index (Phi) is 6.96. The molecule has 1 aromatic rings. The number of allylic oxidation sites excluding steroid dienone is 3. The van der Waals surface area contributed by atoms with Crippen molar-refractivity contribution in [2.24, 2.45) is 9.98 Å². The molecule has 0 aliphatic carbocycles. The number of alkyl halides is 3. The number of aromatic nitrogens is 1. The van der Waals surface area contributed by atoms with Gasteiger partial charge in [0.05, 0.1) is 12.2 Å². The first-order valence-electron chi connectivity index (χ1n) is 6.55. The van der Waals surface area contributed by atoms with E-state index in [0.29, 0.717) is 11.3 Å². The summed E-state index contributed by atoms with van der Waals surface area (Å²) in [6, 6.07) is 4.58. The maximum absolute atomic E-state index is 12.4. The first kappa shape index (κ1) is 18.9. The van der Waals surface area contributed by atoms with Gasteiger partial charge in [-0.15, -0.1) is 0 Å². The molecule has 0 saturated heterocycles. The lowest BCUT2D eigenvalue weighted by atomic mass is 10.2. The van der Waals surface area contributed by atoms with Crippen molar-refractivity contribution in [1.82, 2.24) is 4.57 Å². The molecule has 1 rings (SSSR count). The summed E-state index contributed by atoms with van der Waals surface area (Å²) in [5.74, 6) is -2.15. The van der Waals surface area contributed by atoms with Crippen LogP contribution in [0.4, 0.5) is 13.2 Å². The van der Waals surface area contributed by atoms with Gasteiger partial charge in [-0.25, -0.2) is 0 Å². The van der Waals surface area contributed by atoms with Gasteiger partial charge < -0.3 is 4.57 Å². The third-order valence-electron chi connectivity index (χ3n) is 2.76. The van der Waals surface area contributed by atoms with Gasteiger partial charge in [0.2, 0.25) is 0 Å². The second-order valence-corrected chi connectivity index (χ2v) is 4.67. The molecule has 8 heteroatoms. The number of aliphatic imine (C=N–C) groups is 1. The number of carbonyl (C=O) groups excluding carboxylic acids is 1. The summed E-state index contributed by atoms with van der Waals surface area (Å²) < 4.78 is 38.7. The SMILES string of the molecule is C\C=C/C(=C\N=C\Cl)Cn1c(C)cccc1=NC(=O)C(F)(F)F. The van der Waals surface area contributed by atoms with Crippen LogP contribution in [0.1, 0.15) is 12.6 Å². The number of nitrogens with zero attached hydrogens (tertiary/aromatic N) is 3. The summed E-state index contributed by atoms with van der Waals surface area (Å²) in [6.07, 6.45) is -0.0426. The van der Waals surface area contributed by atoms with Crippen LogP contribution in [0.5, 0.6) is 0 Å². The molecule has 0 N–H and O–H groups in total. The molecule has 1 heterocycles. The summed E-state index contributed by atoms with van der Waals surface area (Å²) in [6.45, 7) is 3.68. The van der Waals surface area contributed by atoms with E-state index in [1.165, 1.54) is 22.9 Å². The molecule has 0 fully saturated rings. The Morgan fingerprint density at radius 1 is 1.39 bits per heavy atom. The number of halogens is 4. The second kappa shape index (κ2) is 8.47. The van der Waals surface area contributed by atoms with Gasteiger partial charge in [-0.1, -0.05) is 29.8 Å². The van der Waals surface area contributed by atoms with Crippen molar-refractivity contribution in [3.63, 3.8) is 0 Å². The van der Waals surface area contributed by atoms with Gasteiger partial charge in [-0.2, -0.15) is 18.2 Å². The zero-order valence-electron chi connectivity index (χ0n) is 12.5. The predicted molar refractivity (Wildman–Crippen MR) is 83.0 cm³/mol. The van der Waals surface area contributed by atoms with Crippen LogP contribution >= 0.6 is 11.6 Å². The van der Waals surface area contributed by atoms with Crippen molar-refractivity contribution in [1.29, 1.82) is 0 Å². The van der Waals surface area contributed by atoms with Crippen molar-refractivity contribution >= 4 is 23.2 Å². The Labute approximate surface area is 136 Å². The van der Waals surface area contributed by atoms with Crippen molar-refractivity contribution in [2.75, 3.05) is 0 Å². The van der Waals surface area contributed by atoms with Crippen LogP contribution < -0.4 is 5.49 Å². The molecule has 1 amide bonds. The topological polar surface area (TPSA) is 46.7 Å². The number of hydrogen-bond donors (Lipinski definition) is 0. The largest absolute Gasteiger partial charge is 0.473 e. The minimum absolute atomic E-state index is 0.0856. The normalized spacial score (nSPS) is 14.2. The van der Waals surface area contributed by atoms with Crippen molar-refractivity contribution in [2.45, 2.75) is 26.6 Å². The highest BCUT2D eigenvalue weighted by Crippen LogP contribution is 2.16. The molecule has 0 spiro atoms. The fourth-order valence-corrected chi connectivity index (χ4v) is 1.82. The molecule has 0 bridgehead atoms. The summed E-state index contributed by atoms with van der Waals surface area (Å²) in [5, 5.41) is 0.